The Hall–Kier alpha value is -1.65. The highest BCUT2D eigenvalue weighted by Gasteiger charge is 2.12. The van der Waals surface area contributed by atoms with Crippen molar-refractivity contribution < 1.29 is 8.42 Å². The quantitative estimate of drug-likeness (QED) is 0.891. The van der Waals surface area contributed by atoms with E-state index in [2.05, 4.69) is 35.9 Å². The van der Waals surface area contributed by atoms with E-state index >= 15 is 0 Å². The fourth-order valence-corrected chi connectivity index (χ4v) is 3.27. The largest absolute Gasteiger partial charge is 0.240 e. The maximum Gasteiger partial charge on any atom is 0.240 e. The summed E-state index contributed by atoms with van der Waals surface area (Å²) in [5.41, 5.74) is 3.37. The molecular weight excluding hydrogens is 282 g/mol. The van der Waals surface area contributed by atoms with Crippen LogP contribution in [0.15, 0.2) is 53.4 Å². The predicted molar refractivity (Wildman–Crippen MR) is 85.9 cm³/mol. The standard InChI is InChI=1S/C17H21NO2S/c1-3-15-7-9-16(10-8-15)11-12-18-21(19,20)17-6-4-5-14(2)13-17/h4-10,13,18H,3,11-12H2,1-2H3. The Labute approximate surface area is 127 Å². The van der Waals surface area contributed by atoms with Crippen LogP contribution in [0.1, 0.15) is 23.6 Å². The Morgan fingerprint density at radius 3 is 2.29 bits per heavy atom. The molecule has 0 heterocycles. The first-order chi connectivity index (χ1) is 10.0. The Balaban J connectivity index is 1.95. The average molecular weight is 303 g/mol. The van der Waals surface area contributed by atoms with Gasteiger partial charge < -0.3 is 0 Å². The molecule has 0 saturated carbocycles. The molecule has 2 rings (SSSR count). The van der Waals surface area contributed by atoms with Gasteiger partial charge in [-0.25, -0.2) is 13.1 Å². The first kappa shape index (κ1) is 15.7. The van der Waals surface area contributed by atoms with Gasteiger partial charge >= 0.3 is 0 Å². The van der Waals surface area contributed by atoms with Crippen LogP contribution >= 0.6 is 0 Å². The van der Waals surface area contributed by atoms with Crippen molar-refractivity contribution in [1.29, 1.82) is 0 Å². The molecule has 2 aromatic rings. The van der Waals surface area contributed by atoms with Crippen LogP contribution in [0.4, 0.5) is 0 Å². The zero-order chi connectivity index (χ0) is 15.3. The van der Waals surface area contributed by atoms with Crippen molar-refractivity contribution in [3.63, 3.8) is 0 Å². The van der Waals surface area contributed by atoms with Gasteiger partial charge in [-0.2, -0.15) is 0 Å². The van der Waals surface area contributed by atoms with E-state index in [1.807, 2.05) is 13.0 Å². The van der Waals surface area contributed by atoms with Crippen molar-refractivity contribution in [1.82, 2.24) is 4.72 Å². The van der Waals surface area contributed by atoms with Gasteiger partial charge in [-0.3, -0.25) is 0 Å². The second-order valence-electron chi connectivity index (χ2n) is 5.13. The molecule has 3 nitrogen and oxygen atoms in total. The lowest BCUT2D eigenvalue weighted by Crippen LogP contribution is -2.26. The lowest BCUT2D eigenvalue weighted by molar-refractivity contribution is 0.581. The van der Waals surface area contributed by atoms with E-state index in [0.29, 0.717) is 17.9 Å². The molecule has 0 aliphatic rings. The molecule has 0 aromatic heterocycles. The third kappa shape index (κ3) is 4.41. The van der Waals surface area contributed by atoms with Crippen LogP contribution in [0, 0.1) is 6.92 Å². The van der Waals surface area contributed by atoms with Crippen molar-refractivity contribution in [2.24, 2.45) is 0 Å². The highest BCUT2D eigenvalue weighted by molar-refractivity contribution is 7.89. The SMILES string of the molecule is CCc1ccc(CCNS(=O)(=O)c2cccc(C)c2)cc1. The molecule has 112 valence electrons. The van der Waals surface area contributed by atoms with E-state index in [-0.39, 0.29) is 0 Å². The van der Waals surface area contributed by atoms with Gasteiger partial charge in [0.2, 0.25) is 10.0 Å². The van der Waals surface area contributed by atoms with E-state index in [1.165, 1.54) is 5.56 Å². The molecule has 0 aliphatic carbocycles. The minimum absolute atomic E-state index is 0.323. The first-order valence-corrected chi connectivity index (χ1v) is 8.64. The monoisotopic (exact) mass is 303 g/mol. The van der Waals surface area contributed by atoms with Crippen LogP contribution in [0.3, 0.4) is 0 Å². The normalized spacial score (nSPS) is 11.5. The number of nitrogens with one attached hydrogen (secondary N) is 1. The molecule has 0 unspecified atom stereocenters. The Morgan fingerprint density at radius 1 is 1.00 bits per heavy atom. The molecule has 0 amide bonds. The summed E-state index contributed by atoms with van der Waals surface area (Å²) in [4.78, 5) is 0.323. The number of benzene rings is 2. The fourth-order valence-electron chi connectivity index (χ4n) is 2.14. The first-order valence-electron chi connectivity index (χ1n) is 7.15. The summed E-state index contributed by atoms with van der Waals surface area (Å²) in [6.45, 7) is 4.40. The summed E-state index contributed by atoms with van der Waals surface area (Å²) in [7, 11) is -3.42. The van der Waals surface area contributed by atoms with Crippen molar-refractivity contribution in [2.45, 2.75) is 31.6 Å². The molecule has 0 saturated heterocycles. The molecule has 0 bridgehead atoms. The maximum absolute atomic E-state index is 12.2. The lowest BCUT2D eigenvalue weighted by Gasteiger charge is -2.08. The van der Waals surface area contributed by atoms with Crippen LogP contribution in [-0.4, -0.2) is 15.0 Å². The third-order valence-electron chi connectivity index (χ3n) is 3.44. The Kier molecular flexibility index (Phi) is 5.15. The predicted octanol–water partition coefficient (Wildman–Crippen LogP) is 3.08. The van der Waals surface area contributed by atoms with Crippen molar-refractivity contribution in [3.8, 4) is 0 Å². The third-order valence-corrected chi connectivity index (χ3v) is 4.90. The van der Waals surface area contributed by atoms with Gasteiger partial charge in [0.1, 0.15) is 0 Å². The zero-order valence-corrected chi connectivity index (χ0v) is 13.3. The van der Waals surface area contributed by atoms with E-state index in [1.54, 1.807) is 18.2 Å². The molecule has 0 aliphatic heterocycles. The fraction of sp³-hybridized carbons (Fsp3) is 0.294. The lowest BCUT2D eigenvalue weighted by atomic mass is 10.1. The number of hydrogen-bond acceptors (Lipinski definition) is 2. The summed E-state index contributed by atoms with van der Waals surface area (Å²) in [5, 5.41) is 0. The molecule has 4 heteroatoms. The number of rotatable bonds is 6. The van der Waals surface area contributed by atoms with Gasteiger partial charge in [-0.15, -0.1) is 0 Å². The van der Waals surface area contributed by atoms with Crippen molar-refractivity contribution in [2.75, 3.05) is 6.54 Å². The zero-order valence-electron chi connectivity index (χ0n) is 12.5. The molecular formula is C17H21NO2S. The minimum Gasteiger partial charge on any atom is -0.211 e. The second-order valence-corrected chi connectivity index (χ2v) is 6.90. The van der Waals surface area contributed by atoms with Gasteiger partial charge in [-0.05, 0) is 48.6 Å². The summed E-state index contributed by atoms with van der Waals surface area (Å²) in [5.74, 6) is 0. The molecule has 0 atom stereocenters. The number of sulfonamides is 1. The van der Waals surface area contributed by atoms with Crippen LogP contribution < -0.4 is 4.72 Å². The molecule has 0 spiro atoms. The second kappa shape index (κ2) is 6.87. The van der Waals surface area contributed by atoms with Crippen LogP contribution in [-0.2, 0) is 22.9 Å². The van der Waals surface area contributed by atoms with Crippen LogP contribution in [0.2, 0.25) is 0 Å². The topological polar surface area (TPSA) is 46.2 Å². The van der Waals surface area contributed by atoms with Gasteiger partial charge in [0.05, 0.1) is 4.90 Å². The van der Waals surface area contributed by atoms with Gasteiger partial charge in [-0.1, -0.05) is 43.3 Å². The summed E-state index contributed by atoms with van der Waals surface area (Å²) >= 11 is 0. The highest BCUT2D eigenvalue weighted by atomic mass is 32.2. The van der Waals surface area contributed by atoms with Crippen LogP contribution in [0.5, 0.6) is 0 Å². The van der Waals surface area contributed by atoms with Crippen LogP contribution in [0.25, 0.3) is 0 Å². The molecule has 1 N–H and O–H groups in total. The van der Waals surface area contributed by atoms with Gasteiger partial charge in [0, 0.05) is 6.54 Å². The highest BCUT2D eigenvalue weighted by Crippen LogP contribution is 2.11. The number of aryl methyl sites for hydroxylation is 2. The van der Waals surface area contributed by atoms with E-state index in [9.17, 15) is 8.42 Å². The summed E-state index contributed by atoms with van der Waals surface area (Å²) in [6, 6.07) is 15.2. The maximum atomic E-state index is 12.2. The van der Waals surface area contributed by atoms with Gasteiger partial charge in [0.25, 0.3) is 0 Å². The molecule has 0 radical (unpaired) electrons. The smallest absolute Gasteiger partial charge is 0.211 e. The average Bonchev–Trinajstić information content (AvgIpc) is 2.48. The summed E-state index contributed by atoms with van der Waals surface area (Å²) < 4.78 is 27.0. The molecule has 21 heavy (non-hydrogen) atoms. The van der Waals surface area contributed by atoms with E-state index in [0.717, 1.165) is 17.5 Å². The number of hydrogen-bond donors (Lipinski definition) is 1. The molecule has 0 fully saturated rings. The van der Waals surface area contributed by atoms with Gasteiger partial charge in [0.15, 0.2) is 0 Å². The molecule has 2 aromatic carbocycles. The van der Waals surface area contributed by atoms with Crippen molar-refractivity contribution in [3.05, 3.63) is 65.2 Å². The van der Waals surface area contributed by atoms with E-state index in [4.69, 9.17) is 0 Å². The van der Waals surface area contributed by atoms with E-state index < -0.39 is 10.0 Å². The minimum atomic E-state index is -3.42. The Morgan fingerprint density at radius 2 is 1.67 bits per heavy atom. The Bertz CT molecular complexity index is 691. The van der Waals surface area contributed by atoms with Crippen molar-refractivity contribution >= 4 is 10.0 Å². The summed E-state index contributed by atoms with van der Waals surface area (Å²) in [6.07, 6.45) is 1.70.